The molecule has 2 amide bonds. The highest BCUT2D eigenvalue weighted by Crippen LogP contribution is 2.21. The number of aryl methyl sites for hydroxylation is 1. The summed E-state index contributed by atoms with van der Waals surface area (Å²) >= 11 is 0. The van der Waals surface area contributed by atoms with Crippen LogP contribution in [0.3, 0.4) is 0 Å². The summed E-state index contributed by atoms with van der Waals surface area (Å²) in [6, 6.07) is 4.21. The average molecular weight is 264 g/mol. The van der Waals surface area contributed by atoms with Crippen molar-refractivity contribution in [2.75, 3.05) is 13.1 Å². The van der Waals surface area contributed by atoms with Crippen LogP contribution in [0.5, 0.6) is 0 Å². The van der Waals surface area contributed by atoms with Gasteiger partial charge in [-0.1, -0.05) is 0 Å². The lowest BCUT2D eigenvalue weighted by atomic mass is 9.97. The lowest BCUT2D eigenvalue weighted by Crippen LogP contribution is -2.63. The number of nitrogens with one attached hydrogen (secondary N) is 1. The molecule has 1 aromatic rings. The smallest absolute Gasteiger partial charge is 0.254 e. The van der Waals surface area contributed by atoms with E-state index >= 15 is 0 Å². The van der Waals surface area contributed by atoms with Gasteiger partial charge in [0.2, 0.25) is 5.91 Å². The Hall–Kier alpha value is -1.91. The van der Waals surface area contributed by atoms with E-state index in [9.17, 15) is 14.0 Å². The number of halogens is 1. The molecule has 1 aliphatic rings. The number of benzene rings is 1. The Kier molecular flexibility index (Phi) is 3.30. The molecule has 1 saturated heterocycles. The zero-order valence-electron chi connectivity index (χ0n) is 11.3. The van der Waals surface area contributed by atoms with Crippen LogP contribution in [0.4, 0.5) is 4.39 Å². The molecule has 0 radical (unpaired) electrons. The molecule has 2 rings (SSSR count). The van der Waals surface area contributed by atoms with Gasteiger partial charge in [-0.3, -0.25) is 9.59 Å². The van der Waals surface area contributed by atoms with E-state index in [2.05, 4.69) is 5.32 Å². The van der Waals surface area contributed by atoms with E-state index < -0.39 is 11.4 Å². The predicted molar refractivity (Wildman–Crippen MR) is 69.3 cm³/mol. The maximum absolute atomic E-state index is 13.4. The van der Waals surface area contributed by atoms with Crippen molar-refractivity contribution in [2.24, 2.45) is 0 Å². The van der Waals surface area contributed by atoms with Crippen LogP contribution in [0, 0.1) is 12.7 Å². The van der Waals surface area contributed by atoms with Crippen LogP contribution in [0.1, 0.15) is 29.8 Å². The minimum Gasteiger partial charge on any atom is -0.352 e. The normalized spacial score (nSPS) is 18.1. The Morgan fingerprint density at radius 2 is 2.05 bits per heavy atom. The van der Waals surface area contributed by atoms with Gasteiger partial charge in [0, 0.05) is 18.7 Å². The summed E-state index contributed by atoms with van der Waals surface area (Å²) in [6.07, 6.45) is 0. The minimum absolute atomic E-state index is 0.194. The third kappa shape index (κ3) is 2.45. The van der Waals surface area contributed by atoms with Crippen molar-refractivity contribution in [3.05, 3.63) is 35.1 Å². The first-order chi connectivity index (χ1) is 8.82. The predicted octanol–water partition coefficient (Wildman–Crippen LogP) is 1.48. The van der Waals surface area contributed by atoms with Crippen LogP contribution in [-0.4, -0.2) is 35.3 Å². The number of nitrogens with zero attached hydrogens (tertiary/aromatic N) is 1. The molecule has 1 N–H and O–H groups in total. The van der Waals surface area contributed by atoms with Gasteiger partial charge in [0.15, 0.2) is 0 Å². The first kappa shape index (κ1) is 13.5. The number of rotatable bonds is 1. The topological polar surface area (TPSA) is 49.4 Å². The lowest BCUT2D eigenvalue weighted by molar-refractivity contribution is -0.133. The van der Waals surface area contributed by atoms with Gasteiger partial charge >= 0.3 is 0 Å². The number of carbonyl (C=O) groups is 2. The quantitative estimate of drug-likeness (QED) is 0.835. The van der Waals surface area contributed by atoms with Crippen LogP contribution < -0.4 is 5.32 Å². The Morgan fingerprint density at radius 3 is 2.68 bits per heavy atom. The molecule has 1 aliphatic heterocycles. The van der Waals surface area contributed by atoms with E-state index in [1.807, 2.05) is 0 Å². The van der Waals surface area contributed by atoms with Gasteiger partial charge in [-0.05, 0) is 44.5 Å². The number of piperazine rings is 1. The van der Waals surface area contributed by atoms with Crippen molar-refractivity contribution in [1.29, 1.82) is 0 Å². The number of hydrogen-bond acceptors (Lipinski definition) is 2. The van der Waals surface area contributed by atoms with Gasteiger partial charge in [-0.25, -0.2) is 4.39 Å². The molecule has 0 aliphatic carbocycles. The standard InChI is InChI=1S/C14H17FN2O2/c1-9-6-10(8-11(15)7-9)12(18)17-5-4-16-13(19)14(17,2)3/h6-8H,4-5H2,1-3H3,(H,16,19). The molecule has 0 saturated carbocycles. The van der Waals surface area contributed by atoms with Gasteiger partial charge in [0.1, 0.15) is 11.4 Å². The Labute approximate surface area is 111 Å². The Bertz CT molecular complexity index is 520. The lowest BCUT2D eigenvalue weighted by Gasteiger charge is -2.41. The van der Waals surface area contributed by atoms with Crippen molar-refractivity contribution in [3.63, 3.8) is 0 Å². The zero-order chi connectivity index (χ0) is 14.2. The fraction of sp³-hybridized carbons (Fsp3) is 0.429. The highest BCUT2D eigenvalue weighted by atomic mass is 19.1. The van der Waals surface area contributed by atoms with Gasteiger partial charge < -0.3 is 10.2 Å². The molecular formula is C14H17FN2O2. The second-order valence-electron chi connectivity index (χ2n) is 5.29. The summed E-state index contributed by atoms with van der Waals surface area (Å²) < 4.78 is 13.4. The van der Waals surface area contributed by atoms with E-state index in [4.69, 9.17) is 0 Å². The van der Waals surface area contributed by atoms with Crippen molar-refractivity contribution in [3.8, 4) is 0 Å². The number of carbonyl (C=O) groups excluding carboxylic acids is 2. The fourth-order valence-corrected chi connectivity index (χ4v) is 2.27. The highest BCUT2D eigenvalue weighted by Gasteiger charge is 2.40. The largest absolute Gasteiger partial charge is 0.352 e. The van der Waals surface area contributed by atoms with E-state index in [0.29, 0.717) is 18.7 Å². The zero-order valence-corrected chi connectivity index (χ0v) is 11.3. The Balaban J connectivity index is 2.35. The maximum Gasteiger partial charge on any atom is 0.254 e. The monoisotopic (exact) mass is 264 g/mol. The average Bonchev–Trinajstić information content (AvgIpc) is 2.30. The third-order valence-corrected chi connectivity index (χ3v) is 3.39. The third-order valence-electron chi connectivity index (χ3n) is 3.39. The van der Waals surface area contributed by atoms with E-state index in [1.54, 1.807) is 26.8 Å². The molecule has 0 atom stereocenters. The molecule has 1 aromatic carbocycles. The highest BCUT2D eigenvalue weighted by molar-refractivity contribution is 5.99. The molecule has 0 bridgehead atoms. The summed E-state index contributed by atoms with van der Waals surface area (Å²) in [4.78, 5) is 25.7. The summed E-state index contributed by atoms with van der Waals surface area (Å²) in [5.74, 6) is -0.953. The van der Waals surface area contributed by atoms with E-state index in [1.165, 1.54) is 17.0 Å². The molecule has 1 fully saturated rings. The first-order valence-corrected chi connectivity index (χ1v) is 6.20. The van der Waals surface area contributed by atoms with Crippen molar-refractivity contribution < 1.29 is 14.0 Å². The summed E-state index contributed by atoms with van der Waals surface area (Å²) in [6.45, 7) is 5.94. The first-order valence-electron chi connectivity index (χ1n) is 6.20. The van der Waals surface area contributed by atoms with Crippen molar-refractivity contribution in [1.82, 2.24) is 10.2 Å². The van der Waals surface area contributed by atoms with E-state index in [0.717, 1.165) is 0 Å². The molecular weight excluding hydrogens is 247 g/mol. The molecule has 0 unspecified atom stereocenters. The summed E-state index contributed by atoms with van der Waals surface area (Å²) in [5, 5.41) is 2.72. The second kappa shape index (κ2) is 4.64. The van der Waals surface area contributed by atoms with Gasteiger partial charge in [0.05, 0.1) is 0 Å². The van der Waals surface area contributed by atoms with Crippen molar-refractivity contribution in [2.45, 2.75) is 26.3 Å². The van der Waals surface area contributed by atoms with Crippen LogP contribution >= 0.6 is 0 Å². The molecule has 5 heteroatoms. The number of amides is 2. The van der Waals surface area contributed by atoms with Crippen LogP contribution in [0.2, 0.25) is 0 Å². The molecule has 0 spiro atoms. The van der Waals surface area contributed by atoms with Crippen LogP contribution in [0.25, 0.3) is 0 Å². The maximum atomic E-state index is 13.4. The molecule has 19 heavy (non-hydrogen) atoms. The van der Waals surface area contributed by atoms with Gasteiger partial charge in [-0.15, -0.1) is 0 Å². The molecule has 4 nitrogen and oxygen atoms in total. The molecule has 102 valence electrons. The van der Waals surface area contributed by atoms with E-state index in [-0.39, 0.29) is 17.4 Å². The van der Waals surface area contributed by atoms with Crippen molar-refractivity contribution >= 4 is 11.8 Å². The fourth-order valence-electron chi connectivity index (χ4n) is 2.27. The van der Waals surface area contributed by atoms with Crippen LogP contribution in [-0.2, 0) is 4.79 Å². The van der Waals surface area contributed by atoms with Gasteiger partial charge in [0.25, 0.3) is 5.91 Å². The van der Waals surface area contributed by atoms with Gasteiger partial charge in [-0.2, -0.15) is 0 Å². The minimum atomic E-state index is -0.921. The summed E-state index contributed by atoms with van der Waals surface area (Å²) in [7, 11) is 0. The van der Waals surface area contributed by atoms with Crippen LogP contribution in [0.15, 0.2) is 18.2 Å². The molecule has 1 heterocycles. The molecule has 0 aromatic heterocycles. The second-order valence-corrected chi connectivity index (χ2v) is 5.29. The Morgan fingerprint density at radius 1 is 1.37 bits per heavy atom. The SMILES string of the molecule is Cc1cc(F)cc(C(=O)N2CCNC(=O)C2(C)C)c1. The number of hydrogen-bond donors (Lipinski definition) is 1. The summed E-state index contributed by atoms with van der Waals surface area (Å²) in [5.41, 5.74) is 0.0399.